The third-order valence-electron chi connectivity index (χ3n) is 3.58. The second-order valence-corrected chi connectivity index (χ2v) is 5.37. The van der Waals surface area contributed by atoms with Gasteiger partial charge in [-0.05, 0) is 0 Å². The van der Waals surface area contributed by atoms with E-state index in [0.29, 0.717) is 0 Å². The summed E-state index contributed by atoms with van der Waals surface area (Å²) in [6.45, 7) is -0.156. The molecule has 1 aliphatic heterocycles. The van der Waals surface area contributed by atoms with Crippen LogP contribution in [0.5, 0.6) is 0 Å². The summed E-state index contributed by atoms with van der Waals surface area (Å²) in [6.07, 6.45) is -2.11. The van der Waals surface area contributed by atoms with Crippen LogP contribution in [0.3, 0.4) is 0 Å². The Morgan fingerprint density at radius 2 is 2.12 bits per heavy atom. The minimum atomic E-state index is -2.37. The molecule has 0 unspecified atom stereocenters. The Morgan fingerprint density at radius 3 is 2.58 bits per heavy atom. The van der Waals surface area contributed by atoms with E-state index in [2.05, 4.69) is 11.2 Å². The first kappa shape index (κ1) is 20.3. The van der Waals surface area contributed by atoms with E-state index in [1.54, 1.807) is 0 Å². The van der Waals surface area contributed by atoms with Crippen molar-refractivity contribution in [2.45, 2.75) is 49.6 Å². The maximum atomic E-state index is 11.6. The zero-order chi connectivity index (χ0) is 18.5. The van der Waals surface area contributed by atoms with Crippen molar-refractivity contribution < 1.29 is 44.6 Å². The molecule has 0 aromatic rings. The van der Waals surface area contributed by atoms with E-state index in [4.69, 9.17) is 21.0 Å². The summed E-state index contributed by atoms with van der Waals surface area (Å²) in [5, 5.41) is 50.6. The second kappa shape index (κ2) is 8.39. The lowest BCUT2D eigenvalue weighted by Crippen LogP contribution is -2.67. The van der Waals surface area contributed by atoms with Gasteiger partial charge in [0.25, 0.3) is 5.79 Å². The molecule has 0 radical (unpaired) electrons. The van der Waals surface area contributed by atoms with Gasteiger partial charge < -0.3 is 40.3 Å². The lowest BCUT2D eigenvalue weighted by Gasteiger charge is -2.46. The average molecular weight is 347 g/mol. The minimum absolute atomic E-state index is 0.449. The minimum Gasteiger partial charge on any atom is -0.477 e. The quantitative estimate of drug-likeness (QED) is 0.260. The van der Waals surface area contributed by atoms with Crippen LogP contribution in [-0.2, 0) is 19.1 Å². The number of aliphatic hydroxyl groups excluding tert-OH is 4. The van der Waals surface area contributed by atoms with Crippen LogP contribution in [-0.4, -0.2) is 86.9 Å². The Kier molecular flexibility index (Phi) is 7.09. The van der Waals surface area contributed by atoms with Crippen LogP contribution in [0.2, 0.25) is 0 Å². The van der Waals surface area contributed by atoms with Gasteiger partial charge in [0, 0.05) is 13.3 Å². The van der Waals surface area contributed by atoms with Gasteiger partial charge in [-0.3, -0.25) is 4.79 Å². The topological polar surface area (TPSA) is 166 Å². The van der Waals surface area contributed by atoms with Crippen LogP contribution >= 0.6 is 0 Å². The number of hydrogen-bond acceptors (Lipinski definition) is 8. The molecular weight excluding hydrogens is 326 g/mol. The molecule has 0 bridgehead atoms. The molecule has 0 aromatic carbocycles. The highest BCUT2D eigenvalue weighted by atomic mass is 16.7. The second-order valence-electron chi connectivity index (χ2n) is 5.37. The van der Waals surface area contributed by atoms with Crippen molar-refractivity contribution >= 4 is 11.9 Å². The Balaban J connectivity index is 3.19. The van der Waals surface area contributed by atoms with Crippen LogP contribution < -0.4 is 5.32 Å². The van der Waals surface area contributed by atoms with Crippen LogP contribution in [0.4, 0.5) is 0 Å². The van der Waals surface area contributed by atoms with Gasteiger partial charge in [-0.2, -0.15) is 0 Å². The molecule has 6 atom stereocenters. The number of aliphatic carboxylic acids is 1. The number of carboxylic acid groups (broad SMARTS) is 1. The third-order valence-corrected chi connectivity index (χ3v) is 3.58. The van der Waals surface area contributed by atoms with Crippen molar-refractivity contribution in [3.8, 4) is 12.3 Å². The number of rotatable bonds is 7. The van der Waals surface area contributed by atoms with Crippen molar-refractivity contribution in [1.82, 2.24) is 5.32 Å². The number of carbonyl (C=O) groups is 2. The van der Waals surface area contributed by atoms with Crippen LogP contribution in [0, 0.1) is 12.3 Å². The number of ether oxygens (including phenoxy) is 2. The Hall–Kier alpha value is -1.74. The highest BCUT2D eigenvalue weighted by molar-refractivity contribution is 5.76. The van der Waals surface area contributed by atoms with Gasteiger partial charge in [-0.1, -0.05) is 5.92 Å². The molecule has 10 heteroatoms. The van der Waals surface area contributed by atoms with Crippen molar-refractivity contribution in [3.05, 3.63) is 0 Å². The van der Waals surface area contributed by atoms with Crippen LogP contribution in [0.1, 0.15) is 13.3 Å². The molecule has 1 saturated heterocycles. The summed E-state index contributed by atoms with van der Waals surface area (Å²) in [5.74, 6) is -2.49. The summed E-state index contributed by atoms with van der Waals surface area (Å²) in [7, 11) is 0. The smallest absolute Gasteiger partial charge is 0.364 e. The molecule has 1 amide bonds. The lowest BCUT2D eigenvalue weighted by molar-refractivity contribution is -0.307. The van der Waals surface area contributed by atoms with Gasteiger partial charge in [0.15, 0.2) is 0 Å². The number of hydrogen-bond donors (Lipinski definition) is 6. The molecule has 1 rings (SSSR count). The SMILES string of the molecule is C#CCO[C@@]1(C(=O)O)C[C@H](O)[C@@H](NC(C)=O)[C@H]([C@H](O)[C@H](O)CO)O1. The maximum Gasteiger partial charge on any atom is 0.364 e. The number of terminal acetylenes is 1. The fourth-order valence-electron chi connectivity index (χ4n) is 2.44. The zero-order valence-electron chi connectivity index (χ0n) is 13.0. The zero-order valence-corrected chi connectivity index (χ0v) is 13.0. The van der Waals surface area contributed by atoms with E-state index in [-0.39, 0.29) is 0 Å². The lowest BCUT2D eigenvalue weighted by atomic mass is 9.88. The van der Waals surface area contributed by atoms with E-state index >= 15 is 0 Å². The first-order valence-corrected chi connectivity index (χ1v) is 7.09. The largest absolute Gasteiger partial charge is 0.477 e. The number of nitrogens with one attached hydrogen (secondary N) is 1. The van der Waals surface area contributed by atoms with Crippen LogP contribution in [0.15, 0.2) is 0 Å². The van der Waals surface area contributed by atoms with Crippen molar-refractivity contribution in [3.63, 3.8) is 0 Å². The van der Waals surface area contributed by atoms with E-state index in [1.807, 2.05) is 0 Å². The maximum absolute atomic E-state index is 11.6. The van der Waals surface area contributed by atoms with E-state index in [9.17, 15) is 30.0 Å². The van der Waals surface area contributed by atoms with E-state index in [1.165, 1.54) is 0 Å². The number of carboxylic acids is 1. The van der Waals surface area contributed by atoms with E-state index in [0.717, 1.165) is 6.92 Å². The van der Waals surface area contributed by atoms with Gasteiger partial charge >= 0.3 is 5.97 Å². The summed E-state index contributed by atoms with van der Waals surface area (Å²) in [6, 6.07) is -1.24. The summed E-state index contributed by atoms with van der Waals surface area (Å²) >= 11 is 0. The monoisotopic (exact) mass is 347 g/mol. The molecule has 10 nitrogen and oxygen atoms in total. The first-order valence-electron chi connectivity index (χ1n) is 7.09. The summed E-state index contributed by atoms with van der Waals surface area (Å²) in [5.41, 5.74) is 0. The van der Waals surface area contributed by atoms with E-state index < -0.39 is 67.8 Å². The number of aliphatic hydroxyl groups is 4. The first-order chi connectivity index (χ1) is 11.2. The Labute approximate surface area is 138 Å². The molecule has 1 heterocycles. The van der Waals surface area contributed by atoms with Gasteiger partial charge in [-0.25, -0.2) is 4.79 Å². The average Bonchev–Trinajstić information content (AvgIpc) is 2.53. The van der Waals surface area contributed by atoms with Crippen molar-refractivity contribution in [1.29, 1.82) is 0 Å². The normalized spacial score (nSPS) is 32.4. The van der Waals surface area contributed by atoms with Gasteiger partial charge in [0.2, 0.25) is 5.91 Å². The fraction of sp³-hybridized carbons (Fsp3) is 0.714. The van der Waals surface area contributed by atoms with Gasteiger partial charge in [0.05, 0.1) is 18.8 Å². The van der Waals surface area contributed by atoms with Gasteiger partial charge in [-0.15, -0.1) is 6.42 Å². The molecule has 6 N–H and O–H groups in total. The highest BCUT2D eigenvalue weighted by Crippen LogP contribution is 2.33. The molecule has 1 aliphatic rings. The fourth-order valence-corrected chi connectivity index (χ4v) is 2.44. The Bertz CT molecular complexity index is 505. The predicted octanol–water partition coefficient (Wildman–Crippen LogP) is -3.21. The molecule has 0 aromatic heterocycles. The standard InChI is InChI=1S/C14H21NO9/c1-3-4-23-14(13(21)22)5-8(18)10(15-7(2)17)12(24-14)11(20)9(19)6-16/h1,8-12,16,18-20H,4-6H2,2H3,(H,15,17)(H,21,22)/t8-,9+,10+,11+,12+,14-/m0/s1. The highest BCUT2D eigenvalue weighted by Gasteiger charge is 2.55. The number of carbonyl (C=O) groups excluding carboxylic acids is 1. The molecule has 136 valence electrons. The summed E-state index contributed by atoms with van der Waals surface area (Å²) < 4.78 is 10.3. The van der Waals surface area contributed by atoms with Gasteiger partial charge in [0.1, 0.15) is 24.9 Å². The van der Waals surface area contributed by atoms with Crippen LogP contribution in [0.25, 0.3) is 0 Å². The molecule has 1 fully saturated rings. The summed E-state index contributed by atoms with van der Waals surface area (Å²) in [4.78, 5) is 22.8. The third kappa shape index (κ3) is 4.41. The number of amides is 1. The molecule has 0 aliphatic carbocycles. The molecule has 0 spiro atoms. The Morgan fingerprint density at radius 1 is 1.50 bits per heavy atom. The van der Waals surface area contributed by atoms with Crippen molar-refractivity contribution in [2.75, 3.05) is 13.2 Å². The molecule has 0 saturated carbocycles. The molecule has 24 heavy (non-hydrogen) atoms. The van der Waals surface area contributed by atoms with Crippen molar-refractivity contribution in [2.24, 2.45) is 0 Å². The predicted molar refractivity (Wildman–Crippen MR) is 77.4 cm³/mol. The molecular formula is C14H21NO9.